The number of primary amides is 2. The molecule has 0 aromatic heterocycles. The summed E-state index contributed by atoms with van der Waals surface area (Å²) in [6.45, 7) is 5.14. The van der Waals surface area contributed by atoms with Gasteiger partial charge in [0.1, 0.15) is 42.0 Å². The highest BCUT2D eigenvalue weighted by Crippen LogP contribution is 2.48. The zero-order valence-corrected chi connectivity index (χ0v) is 42.6. The van der Waals surface area contributed by atoms with Crippen LogP contribution in [-0.4, -0.2) is 126 Å². The Morgan fingerprint density at radius 1 is 0.764 bits per heavy atom. The quantitative estimate of drug-likeness (QED) is 0.0387. The Morgan fingerprint density at radius 2 is 1.38 bits per heavy atom. The van der Waals surface area contributed by atoms with Crippen LogP contribution in [0.1, 0.15) is 89.7 Å². The summed E-state index contributed by atoms with van der Waals surface area (Å²) in [6, 6.07) is 7.85. The van der Waals surface area contributed by atoms with Crippen LogP contribution in [0.25, 0.3) is 0 Å². The molecule has 2 fully saturated rings. The van der Waals surface area contributed by atoms with Crippen molar-refractivity contribution >= 4 is 80.7 Å². The fourth-order valence-electron chi connectivity index (χ4n) is 8.17. The van der Waals surface area contributed by atoms with Gasteiger partial charge in [0.25, 0.3) is 0 Å². The smallest absolute Gasteiger partial charge is 0.244 e. The highest BCUT2D eigenvalue weighted by atomic mass is 33.1. The molecule has 0 radical (unpaired) electrons. The van der Waals surface area contributed by atoms with E-state index in [0.717, 1.165) is 19.3 Å². The Labute approximate surface area is 427 Å². The van der Waals surface area contributed by atoms with Crippen molar-refractivity contribution in [1.82, 2.24) is 37.2 Å². The van der Waals surface area contributed by atoms with Gasteiger partial charge in [0.05, 0.1) is 19.6 Å². The van der Waals surface area contributed by atoms with E-state index in [1.807, 2.05) is 6.92 Å². The average molecular weight is 1040 g/mol. The van der Waals surface area contributed by atoms with Gasteiger partial charge in [0.2, 0.25) is 53.2 Å². The van der Waals surface area contributed by atoms with Crippen LogP contribution in [0.5, 0.6) is 5.75 Å². The molecule has 1 saturated heterocycles. The molecule has 24 heteroatoms. The zero-order chi connectivity index (χ0) is 52.8. The molecule has 1 aliphatic carbocycles. The van der Waals surface area contributed by atoms with Gasteiger partial charge in [0.15, 0.2) is 5.96 Å². The molecule has 2 aromatic carbocycles. The van der Waals surface area contributed by atoms with Crippen LogP contribution < -0.4 is 64.9 Å². The van der Waals surface area contributed by atoms with Gasteiger partial charge in [-0.2, -0.15) is 0 Å². The highest BCUT2D eigenvalue weighted by molar-refractivity contribution is 8.77. The minimum absolute atomic E-state index is 0.00830. The topological polar surface area (TPSA) is 364 Å². The van der Waals surface area contributed by atoms with Gasteiger partial charge in [0, 0.05) is 36.3 Å². The monoisotopic (exact) mass is 1040 g/mol. The van der Waals surface area contributed by atoms with Crippen LogP contribution in [0.3, 0.4) is 0 Å². The number of hydrogen-bond acceptors (Lipinski definition) is 13. The Morgan fingerprint density at radius 3 is 1.99 bits per heavy atom. The predicted octanol–water partition coefficient (Wildman–Crippen LogP) is -0.546. The summed E-state index contributed by atoms with van der Waals surface area (Å²) < 4.78 is 4.91. The normalized spacial score (nSPS) is 21.8. The number of benzene rings is 2. The number of carbonyl (C=O) groups excluding carboxylic acids is 9. The lowest BCUT2D eigenvalue weighted by Crippen LogP contribution is -2.61. The van der Waals surface area contributed by atoms with Crippen LogP contribution in [0.15, 0.2) is 59.6 Å². The van der Waals surface area contributed by atoms with Crippen LogP contribution in [0.4, 0.5) is 0 Å². The van der Waals surface area contributed by atoms with Crippen molar-refractivity contribution in [3.8, 4) is 5.75 Å². The summed E-state index contributed by atoms with van der Waals surface area (Å²) >= 11 is 0. The van der Waals surface area contributed by atoms with Gasteiger partial charge < -0.3 is 64.9 Å². The van der Waals surface area contributed by atoms with Crippen LogP contribution in [-0.2, 0) is 56.0 Å². The van der Waals surface area contributed by atoms with Gasteiger partial charge in [-0.05, 0) is 61.8 Å². The maximum atomic E-state index is 14.6. The molecule has 22 nitrogen and oxygen atoms in total. The maximum Gasteiger partial charge on any atom is 0.244 e. The highest BCUT2D eigenvalue weighted by Gasteiger charge is 2.39. The van der Waals surface area contributed by atoms with Crippen LogP contribution in [0.2, 0.25) is 0 Å². The maximum absolute atomic E-state index is 14.6. The third-order valence-corrected chi connectivity index (χ3v) is 15.2. The molecule has 0 unspecified atom stereocenters. The van der Waals surface area contributed by atoms with E-state index in [2.05, 4.69) is 42.2 Å². The number of aliphatic imine (C=N–C) groups is 1. The summed E-state index contributed by atoms with van der Waals surface area (Å²) in [5, 5.41) is 18.7. The first-order chi connectivity index (χ1) is 34.3. The van der Waals surface area contributed by atoms with Crippen molar-refractivity contribution in [2.75, 3.05) is 25.4 Å². The summed E-state index contributed by atoms with van der Waals surface area (Å²) in [5.41, 5.74) is 23.2. The molecular formula is C48H70N12O10S2. The van der Waals surface area contributed by atoms with Gasteiger partial charge in [-0.15, -0.1) is 0 Å². The van der Waals surface area contributed by atoms with E-state index < -0.39 is 113 Å². The fourth-order valence-corrected chi connectivity index (χ4v) is 11.5. The summed E-state index contributed by atoms with van der Waals surface area (Å²) in [6.07, 6.45) is 3.14. The third kappa shape index (κ3) is 19.6. The molecule has 1 heterocycles. The van der Waals surface area contributed by atoms with Crippen molar-refractivity contribution < 1.29 is 47.9 Å². The van der Waals surface area contributed by atoms with Gasteiger partial charge >= 0.3 is 0 Å². The lowest BCUT2D eigenvalue weighted by Gasteiger charge is -2.36. The second-order valence-electron chi connectivity index (χ2n) is 18.2. The second kappa shape index (κ2) is 29.1. The number of nitrogens with zero attached hydrogens (tertiary/aromatic N) is 1. The molecule has 1 saturated carbocycles. The predicted molar refractivity (Wildman–Crippen MR) is 274 cm³/mol. The standard InChI is InChI=1S/C48H70N12O10S2/c1-4-70-31-17-15-30(16-18-31)23-33-42(65)57-34(22-29-12-7-5-8-13-29)44(67)60-40(28(2)3)46(69)58-35(24-37(49)61)43(66)59-36(27-71-72-48(25-39(63)55-33)19-9-6-10-20-48)45(68)56-32(14-11-21-53-47(51)52)41(64)54-26-38(50)62/h5,7-8,12-13,15-18,28,32-36,40H,4,6,9-11,14,19-27H2,1-3H3,(H2,49,61)(H2,50,62)(H,54,64)(H,55,63)(H,56,68)(H,57,65)(H,58,69)(H,59,66)(H,60,67)(H4,51,52,53)/t32-,33+,34-,35-,36-,40-/m0/s1. The largest absolute Gasteiger partial charge is 0.494 e. The zero-order valence-electron chi connectivity index (χ0n) is 41.0. The number of hydrogen-bond donors (Lipinski definition) is 11. The Bertz CT molecular complexity index is 2230. The first-order valence-corrected chi connectivity index (χ1v) is 26.4. The second-order valence-corrected chi connectivity index (χ2v) is 21.0. The van der Waals surface area contributed by atoms with E-state index in [0.29, 0.717) is 36.3 Å². The molecule has 15 N–H and O–H groups in total. The summed E-state index contributed by atoms with van der Waals surface area (Å²) in [5.74, 6) is -7.48. The minimum atomic E-state index is -1.66. The molecule has 72 heavy (non-hydrogen) atoms. The number of guanidine groups is 1. The molecule has 6 atom stereocenters. The molecule has 2 aromatic rings. The van der Waals surface area contributed by atoms with Crippen molar-refractivity contribution in [2.24, 2.45) is 33.8 Å². The SMILES string of the molecule is CCOc1ccc(C[C@H]2NC(=O)CC3(CCCCC3)SSC[C@@H](C(=O)N[C@@H](CCCN=C(N)N)C(=O)NCC(N)=O)NC(=O)[C@H](CC(N)=O)NC(=O)[C@H](C(C)C)NC(=O)[C@H](Cc3ccccc3)NC2=O)cc1. The van der Waals surface area contributed by atoms with E-state index in [4.69, 9.17) is 27.7 Å². The molecule has 9 amide bonds. The van der Waals surface area contributed by atoms with Crippen molar-refractivity contribution in [3.05, 3.63) is 65.7 Å². The fraction of sp³-hybridized carbons (Fsp3) is 0.542. The third-order valence-electron chi connectivity index (χ3n) is 11.9. The molecule has 4 rings (SSSR count). The van der Waals surface area contributed by atoms with Crippen molar-refractivity contribution in [2.45, 2.75) is 132 Å². The van der Waals surface area contributed by atoms with Gasteiger partial charge in [-0.3, -0.25) is 48.1 Å². The number of nitrogens with two attached hydrogens (primary N) is 4. The molecule has 1 aliphatic heterocycles. The van der Waals surface area contributed by atoms with E-state index in [1.165, 1.54) is 21.6 Å². The number of carbonyl (C=O) groups is 9. The van der Waals surface area contributed by atoms with E-state index in [1.54, 1.807) is 68.4 Å². The molecule has 0 bridgehead atoms. The average Bonchev–Trinajstić information content (AvgIpc) is 3.32. The van der Waals surface area contributed by atoms with Gasteiger partial charge in [-0.1, -0.05) is 97.2 Å². The Hall–Kier alpha value is -6.56. The van der Waals surface area contributed by atoms with E-state index in [-0.39, 0.29) is 50.4 Å². The Balaban J connectivity index is 1.78. The molecule has 394 valence electrons. The van der Waals surface area contributed by atoms with Crippen molar-refractivity contribution in [1.29, 1.82) is 0 Å². The molecule has 2 aliphatic rings. The number of ether oxygens (including phenoxy) is 1. The number of amides is 9. The first kappa shape index (κ1) is 58.0. The molecular weight excluding hydrogens is 969 g/mol. The lowest BCUT2D eigenvalue weighted by molar-refractivity contribution is -0.136. The Kier molecular flexibility index (Phi) is 23.4. The molecule has 1 spiro atoms. The van der Waals surface area contributed by atoms with E-state index in [9.17, 15) is 43.2 Å². The lowest BCUT2D eigenvalue weighted by atomic mass is 9.85. The van der Waals surface area contributed by atoms with Gasteiger partial charge in [-0.25, -0.2) is 0 Å². The number of rotatable bonds is 18. The van der Waals surface area contributed by atoms with E-state index >= 15 is 0 Å². The summed E-state index contributed by atoms with van der Waals surface area (Å²) in [7, 11) is 2.54. The van der Waals surface area contributed by atoms with Crippen molar-refractivity contribution in [3.63, 3.8) is 0 Å². The minimum Gasteiger partial charge on any atom is -0.494 e. The van der Waals surface area contributed by atoms with Crippen LogP contribution in [0, 0.1) is 5.92 Å². The first-order valence-electron chi connectivity index (χ1n) is 24.0. The number of nitrogens with one attached hydrogen (secondary N) is 7. The summed E-state index contributed by atoms with van der Waals surface area (Å²) in [4.78, 5) is 127. The van der Waals surface area contributed by atoms with Crippen LogP contribution >= 0.6 is 21.6 Å².